The molecule has 17 heavy (non-hydrogen) atoms. The van der Waals surface area contributed by atoms with Crippen LogP contribution in [0.4, 0.5) is 0 Å². The van der Waals surface area contributed by atoms with Crippen molar-refractivity contribution < 1.29 is 0 Å². The van der Waals surface area contributed by atoms with E-state index in [0.717, 1.165) is 14.7 Å². The smallest absolute Gasteiger partial charge is 0.0887 e. The molecular formula is C13H19BrClNS. The number of hydrogen-bond donors (Lipinski definition) is 1. The third kappa shape index (κ3) is 3.69. The van der Waals surface area contributed by atoms with Gasteiger partial charge in [-0.15, -0.1) is 11.3 Å². The van der Waals surface area contributed by atoms with Gasteiger partial charge in [-0.3, -0.25) is 0 Å². The van der Waals surface area contributed by atoms with Gasteiger partial charge in [-0.2, -0.15) is 0 Å². The third-order valence-electron chi connectivity index (χ3n) is 3.65. The average molecular weight is 337 g/mol. The van der Waals surface area contributed by atoms with Crippen LogP contribution in [0, 0.1) is 5.92 Å². The van der Waals surface area contributed by atoms with Crippen molar-refractivity contribution >= 4 is 38.9 Å². The number of thiophene rings is 1. The Morgan fingerprint density at radius 2 is 2.18 bits per heavy atom. The molecule has 1 aliphatic carbocycles. The molecule has 0 aromatic carbocycles. The van der Waals surface area contributed by atoms with Gasteiger partial charge in [-0.1, -0.05) is 43.7 Å². The summed E-state index contributed by atoms with van der Waals surface area (Å²) in [5, 5.41) is 4.28. The first kappa shape index (κ1) is 13.9. The lowest BCUT2D eigenvalue weighted by atomic mass is 9.84. The number of halogens is 2. The zero-order valence-corrected chi connectivity index (χ0v) is 13.3. The summed E-state index contributed by atoms with van der Waals surface area (Å²) in [5.74, 6) is 0.890. The van der Waals surface area contributed by atoms with Crippen LogP contribution in [-0.2, 0) is 0 Å². The van der Waals surface area contributed by atoms with Crippen LogP contribution < -0.4 is 5.32 Å². The van der Waals surface area contributed by atoms with Gasteiger partial charge < -0.3 is 5.32 Å². The Labute approximate surface area is 121 Å². The molecule has 0 spiro atoms. The van der Waals surface area contributed by atoms with Crippen molar-refractivity contribution in [3.8, 4) is 0 Å². The van der Waals surface area contributed by atoms with E-state index in [9.17, 15) is 0 Å². The van der Waals surface area contributed by atoms with E-state index in [1.165, 1.54) is 43.4 Å². The monoisotopic (exact) mass is 335 g/mol. The van der Waals surface area contributed by atoms with Crippen molar-refractivity contribution in [1.82, 2.24) is 5.32 Å². The Morgan fingerprint density at radius 3 is 2.71 bits per heavy atom. The van der Waals surface area contributed by atoms with Gasteiger partial charge in [0.25, 0.3) is 0 Å². The van der Waals surface area contributed by atoms with Crippen molar-refractivity contribution in [2.75, 3.05) is 7.05 Å². The maximum absolute atomic E-state index is 6.11. The quantitative estimate of drug-likeness (QED) is 0.776. The summed E-state index contributed by atoms with van der Waals surface area (Å²) in [4.78, 5) is 1.36. The Balaban J connectivity index is 2.00. The second-order valence-corrected chi connectivity index (χ2v) is 7.66. The molecule has 1 aromatic heterocycles. The van der Waals surface area contributed by atoms with Gasteiger partial charge in [0.1, 0.15) is 0 Å². The molecule has 1 nitrogen and oxygen atoms in total. The molecule has 1 atom stereocenters. The fourth-order valence-corrected chi connectivity index (χ4v) is 4.54. The van der Waals surface area contributed by atoms with Gasteiger partial charge in [-0.05, 0) is 41.4 Å². The molecule has 4 heteroatoms. The van der Waals surface area contributed by atoms with Crippen LogP contribution in [0.5, 0.6) is 0 Å². The van der Waals surface area contributed by atoms with Crippen LogP contribution in [0.1, 0.15) is 49.4 Å². The molecule has 1 fully saturated rings. The van der Waals surface area contributed by atoms with Crippen molar-refractivity contribution in [1.29, 1.82) is 0 Å². The standard InChI is InChI=1S/C13H19BrClNS/c1-16-11(7-9-5-3-2-4-6-9)12-8-10(15)13(14)17-12/h8-9,11,16H,2-7H2,1H3. The van der Waals surface area contributed by atoms with Crippen LogP contribution in [-0.4, -0.2) is 7.05 Å². The van der Waals surface area contributed by atoms with Gasteiger partial charge in [0.15, 0.2) is 0 Å². The van der Waals surface area contributed by atoms with Gasteiger partial charge in [0.2, 0.25) is 0 Å². The summed E-state index contributed by atoms with van der Waals surface area (Å²) < 4.78 is 1.05. The van der Waals surface area contributed by atoms with E-state index in [-0.39, 0.29) is 0 Å². The molecule has 0 bridgehead atoms. The minimum atomic E-state index is 0.465. The molecule has 2 rings (SSSR count). The maximum Gasteiger partial charge on any atom is 0.0887 e. The normalized spacial score (nSPS) is 19.5. The molecule has 0 radical (unpaired) electrons. The third-order valence-corrected chi connectivity index (χ3v) is 6.24. The van der Waals surface area contributed by atoms with Crippen LogP contribution >= 0.6 is 38.9 Å². The summed E-state index contributed by atoms with van der Waals surface area (Å²) in [6.45, 7) is 0. The fourth-order valence-electron chi connectivity index (χ4n) is 2.67. The Hall–Kier alpha value is 0.430. The number of hydrogen-bond acceptors (Lipinski definition) is 2. The minimum Gasteiger partial charge on any atom is -0.312 e. The maximum atomic E-state index is 6.11. The van der Waals surface area contributed by atoms with Crippen molar-refractivity contribution in [2.45, 2.75) is 44.6 Å². The molecular weight excluding hydrogens is 318 g/mol. The largest absolute Gasteiger partial charge is 0.312 e. The van der Waals surface area contributed by atoms with Crippen LogP contribution in [0.2, 0.25) is 5.02 Å². The van der Waals surface area contributed by atoms with E-state index in [1.54, 1.807) is 11.3 Å². The molecule has 1 N–H and O–H groups in total. The zero-order chi connectivity index (χ0) is 12.3. The lowest BCUT2D eigenvalue weighted by Gasteiger charge is -2.25. The van der Waals surface area contributed by atoms with Crippen molar-refractivity contribution in [2.24, 2.45) is 5.92 Å². The highest BCUT2D eigenvalue weighted by atomic mass is 79.9. The highest BCUT2D eigenvalue weighted by Crippen LogP contribution is 2.39. The summed E-state index contributed by atoms with van der Waals surface area (Å²) in [5.41, 5.74) is 0. The van der Waals surface area contributed by atoms with E-state index >= 15 is 0 Å². The van der Waals surface area contributed by atoms with E-state index < -0.39 is 0 Å². The lowest BCUT2D eigenvalue weighted by Crippen LogP contribution is -2.20. The fraction of sp³-hybridized carbons (Fsp3) is 0.692. The summed E-state index contributed by atoms with van der Waals surface area (Å²) >= 11 is 11.4. The average Bonchev–Trinajstić information content (AvgIpc) is 2.68. The molecule has 1 aromatic rings. The molecule has 1 heterocycles. The van der Waals surface area contributed by atoms with Gasteiger partial charge in [0.05, 0.1) is 8.81 Å². The predicted octanol–water partition coefficient (Wildman–Crippen LogP) is 5.39. The van der Waals surface area contributed by atoms with E-state index in [4.69, 9.17) is 11.6 Å². The lowest BCUT2D eigenvalue weighted by molar-refractivity contribution is 0.307. The van der Waals surface area contributed by atoms with E-state index in [1.807, 2.05) is 0 Å². The summed E-state index contributed by atoms with van der Waals surface area (Å²) in [6, 6.07) is 2.56. The number of rotatable bonds is 4. The molecule has 0 aliphatic heterocycles. The highest BCUT2D eigenvalue weighted by molar-refractivity contribution is 9.11. The van der Waals surface area contributed by atoms with Crippen LogP contribution in [0.15, 0.2) is 9.85 Å². The molecule has 0 amide bonds. The molecule has 1 aliphatic rings. The Bertz CT molecular complexity index is 341. The highest BCUT2D eigenvalue weighted by Gasteiger charge is 2.21. The van der Waals surface area contributed by atoms with Gasteiger partial charge in [-0.25, -0.2) is 0 Å². The first-order valence-electron chi connectivity index (χ1n) is 6.32. The van der Waals surface area contributed by atoms with E-state index in [2.05, 4.69) is 34.4 Å². The molecule has 96 valence electrons. The molecule has 1 saturated carbocycles. The SMILES string of the molecule is CNC(CC1CCCCC1)c1cc(Cl)c(Br)s1. The Kier molecular flexibility index (Phi) is 5.34. The second kappa shape index (κ2) is 6.55. The minimum absolute atomic E-state index is 0.465. The topological polar surface area (TPSA) is 12.0 Å². The molecule has 1 unspecified atom stereocenters. The summed E-state index contributed by atoms with van der Waals surface area (Å²) in [7, 11) is 2.05. The van der Waals surface area contributed by atoms with Crippen molar-refractivity contribution in [3.05, 3.63) is 19.8 Å². The Morgan fingerprint density at radius 1 is 1.47 bits per heavy atom. The van der Waals surface area contributed by atoms with Gasteiger partial charge in [0, 0.05) is 10.9 Å². The van der Waals surface area contributed by atoms with Crippen molar-refractivity contribution in [3.63, 3.8) is 0 Å². The first-order valence-corrected chi connectivity index (χ1v) is 8.31. The summed E-state index contributed by atoms with van der Waals surface area (Å²) in [6.07, 6.45) is 8.31. The van der Waals surface area contributed by atoms with Crippen LogP contribution in [0.3, 0.4) is 0 Å². The molecule has 0 saturated heterocycles. The number of nitrogens with one attached hydrogen (secondary N) is 1. The van der Waals surface area contributed by atoms with Gasteiger partial charge >= 0.3 is 0 Å². The second-order valence-electron chi connectivity index (χ2n) is 4.85. The predicted molar refractivity (Wildman–Crippen MR) is 80.0 cm³/mol. The van der Waals surface area contributed by atoms with Crippen LogP contribution in [0.25, 0.3) is 0 Å². The zero-order valence-electron chi connectivity index (χ0n) is 10.1. The first-order chi connectivity index (χ1) is 8.20. The van der Waals surface area contributed by atoms with E-state index in [0.29, 0.717) is 6.04 Å².